The maximum Gasteiger partial charge on any atom is 0.271 e. The number of morpholine rings is 1. The summed E-state index contributed by atoms with van der Waals surface area (Å²) >= 11 is 0. The maximum absolute atomic E-state index is 11.7. The zero-order valence-electron chi connectivity index (χ0n) is 18.2. The van der Waals surface area contributed by atoms with Crippen LogP contribution in [-0.4, -0.2) is 55.2 Å². The van der Waals surface area contributed by atoms with Gasteiger partial charge in [-0.15, -0.1) is 10.2 Å². The molecule has 0 saturated carbocycles. The summed E-state index contributed by atoms with van der Waals surface area (Å²) < 4.78 is 13.7. The molecule has 5 rings (SSSR count). The zero-order valence-corrected chi connectivity index (χ0v) is 18.2. The van der Waals surface area contributed by atoms with E-state index in [4.69, 9.17) is 14.9 Å². The SMILES string of the molecule is C[C@@H]1CN(Cc2nnc(-c3cc(-c4c[nH]c(=O)c(N)c4)cc4c3cnn4C)o2)C[C@H](C)O1. The number of hydrogen-bond acceptors (Lipinski definition) is 8. The minimum absolute atomic E-state index is 0.156. The molecule has 10 nitrogen and oxygen atoms in total. The van der Waals surface area contributed by atoms with Crippen LogP contribution in [0.1, 0.15) is 19.7 Å². The van der Waals surface area contributed by atoms with Crippen LogP contribution in [0.25, 0.3) is 33.5 Å². The summed E-state index contributed by atoms with van der Waals surface area (Å²) in [5, 5.41) is 13.9. The van der Waals surface area contributed by atoms with Crippen LogP contribution in [0.4, 0.5) is 5.69 Å². The number of aromatic amines is 1. The highest BCUT2D eigenvalue weighted by Crippen LogP contribution is 2.33. The van der Waals surface area contributed by atoms with Crippen molar-refractivity contribution >= 4 is 16.6 Å². The van der Waals surface area contributed by atoms with Gasteiger partial charge in [0.2, 0.25) is 11.8 Å². The van der Waals surface area contributed by atoms with E-state index in [1.807, 2.05) is 19.2 Å². The van der Waals surface area contributed by atoms with Crippen molar-refractivity contribution in [1.29, 1.82) is 0 Å². The van der Waals surface area contributed by atoms with Gasteiger partial charge in [-0.1, -0.05) is 0 Å². The molecule has 0 radical (unpaired) electrons. The number of nitrogens with one attached hydrogen (secondary N) is 1. The molecule has 0 bridgehead atoms. The molecule has 1 aliphatic rings. The summed E-state index contributed by atoms with van der Waals surface area (Å²) in [4.78, 5) is 16.6. The Morgan fingerprint density at radius 2 is 1.94 bits per heavy atom. The second kappa shape index (κ2) is 7.88. The third-order valence-electron chi connectivity index (χ3n) is 5.68. The van der Waals surface area contributed by atoms with Crippen molar-refractivity contribution in [2.45, 2.75) is 32.6 Å². The Balaban J connectivity index is 1.53. The Morgan fingerprint density at radius 3 is 2.69 bits per heavy atom. The Kier molecular flexibility index (Phi) is 5.03. The number of aromatic nitrogens is 5. The highest BCUT2D eigenvalue weighted by atomic mass is 16.5. The summed E-state index contributed by atoms with van der Waals surface area (Å²) in [7, 11) is 1.87. The molecule has 0 spiro atoms. The molecular formula is C22H25N7O3. The molecule has 3 N–H and O–H groups in total. The van der Waals surface area contributed by atoms with Gasteiger partial charge in [-0.3, -0.25) is 14.4 Å². The van der Waals surface area contributed by atoms with Crippen LogP contribution in [0.5, 0.6) is 0 Å². The van der Waals surface area contributed by atoms with Crippen LogP contribution in [0.3, 0.4) is 0 Å². The molecule has 3 aromatic heterocycles. The monoisotopic (exact) mass is 435 g/mol. The maximum atomic E-state index is 11.7. The van der Waals surface area contributed by atoms with Crippen molar-refractivity contribution in [1.82, 2.24) is 29.9 Å². The van der Waals surface area contributed by atoms with Crippen molar-refractivity contribution in [2.75, 3.05) is 18.8 Å². The lowest BCUT2D eigenvalue weighted by Crippen LogP contribution is -2.44. The van der Waals surface area contributed by atoms with Gasteiger partial charge in [-0.2, -0.15) is 5.10 Å². The van der Waals surface area contributed by atoms with E-state index in [2.05, 4.69) is 39.0 Å². The van der Waals surface area contributed by atoms with Gasteiger partial charge in [-0.05, 0) is 37.6 Å². The van der Waals surface area contributed by atoms with Crippen molar-refractivity contribution in [3.63, 3.8) is 0 Å². The number of nitrogen functional groups attached to an aromatic ring is 1. The fraction of sp³-hybridized carbons (Fsp3) is 0.364. The topological polar surface area (TPSA) is 128 Å². The van der Waals surface area contributed by atoms with Crippen molar-refractivity contribution in [3.05, 3.63) is 46.8 Å². The van der Waals surface area contributed by atoms with Gasteiger partial charge in [0.05, 0.1) is 41.7 Å². The van der Waals surface area contributed by atoms with Crippen LogP contribution < -0.4 is 11.3 Å². The molecule has 4 heterocycles. The molecule has 2 atom stereocenters. The number of ether oxygens (including phenoxy) is 1. The molecular weight excluding hydrogens is 410 g/mol. The van der Waals surface area contributed by atoms with Crippen LogP contribution in [0, 0.1) is 0 Å². The first kappa shape index (κ1) is 20.4. The average Bonchev–Trinajstić information content (AvgIpc) is 3.35. The van der Waals surface area contributed by atoms with Gasteiger partial charge in [0.1, 0.15) is 0 Å². The second-order valence-corrected chi connectivity index (χ2v) is 8.35. The van der Waals surface area contributed by atoms with Crippen LogP contribution >= 0.6 is 0 Å². The molecule has 0 amide bonds. The van der Waals surface area contributed by atoms with Crippen LogP contribution in [0.15, 0.2) is 39.8 Å². The Labute approximate surface area is 184 Å². The summed E-state index contributed by atoms with van der Waals surface area (Å²) in [6, 6.07) is 5.60. The Morgan fingerprint density at radius 1 is 1.16 bits per heavy atom. The lowest BCUT2D eigenvalue weighted by molar-refractivity contribution is -0.0721. The van der Waals surface area contributed by atoms with Crippen LogP contribution in [0.2, 0.25) is 0 Å². The first-order valence-electron chi connectivity index (χ1n) is 10.5. The minimum Gasteiger partial charge on any atom is -0.419 e. The fourth-order valence-electron chi connectivity index (χ4n) is 4.29. The van der Waals surface area contributed by atoms with E-state index in [1.54, 1.807) is 23.1 Å². The van der Waals surface area contributed by atoms with Gasteiger partial charge in [0, 0.05) is 37.3 Å². The third kappa shape index (κ3) is 3.78. The fourth-order valence-corrected chi connectivity index (χ4v) is 4.29. The zero-order chi connectivity index (χ0) is 22.4. The number of hydrogen-bond donors (Lipinski definition) is 2. The van der Waals surface area contributed by atoms with E-state index in [1.165, 1.54) is 0 Å². The molecule has 0 aliphatic carbocycles. The third-order valence-corrected chi connectivity index (χ3v) is 5.68. The number of fused-ring (bicyclic) bond motifs is 1. The van der Waals surface area contributed by atoms with Gasteiger partial charge < -0.3 is 19.9 Å². The second-order valence-electron chi connectivity index (χ2n) is 8.35. The quantitative estimate of drug-likeness (QED) is 0.499. The summed E-state index contributed by atoms with van der Waals surface area (Å²) in [6.07, 6.45) is 3.75. The largest absolute Gasteiger partial charge is 0.419 e. The number of H-pyrrole nitrogens is 1. The first-order chi connectivity index (χ1) is 15.4. The van der Waals surface area contributed by atoms with E-state index < -0.39 is 0 Å². The normalized spacial score (nSPS) is 19.6. The number of pyridine rings is 1. The predicted octanol–water partition coefficient (Wildman–Crippen LogP) is 2.17. The van der Waals surface area contributed by atoms with E-state index in [0.29, 0.717) is 18.3 Å². The molecule has 0 unspecified atom stereocenters. The molecule has 4 aromatic rings. The lowest BCUT2D eigenvalue weighted by Gasteiger charge is -2.34. The molecule has 32 heavy (non-hydrogen) atoms. The van der Waals surface area contributed by atoms with Gasteiger partial charge in [-0.25, -0.2) is 0 Å². The standard InChI is InChI=1S/C22H25N7O3/c1-12-9-29(10-13(2)31-12)11-20-26-27-22(32-20)16-4-14(6-19-17(16)8-25-28(19)3)15-5-18(23)21(30)24-7-15/h4-8,12-13H,9-11,23H2,1-3H3,(H,24,30)/t12-,13+. The van der Waals surface area contributed by atoms with Crippen LogP contribution in [-0.2, 0) is 18.3 Å². The molecule has 1 aliphatic heterocycles. The highest BCUT2D eigenvalue weighted by molar-refractivity contribution is 5.96. The van der Waals surface area contributed by atoms with Crippen molar-refractivity contribution < 1.29 is 9.15 Å². The molecule has 1 aromatic carbocycles. The van der Waals surface area contributed by atoms with Gasteiger partial charge >= 0.3 is 0 Å². The molecule has 10 heteroatoms. The Hall–Kier alpha value is -3.50. The van der Waals surface area contributed by atoms with E-state index in [9.17, 15) is 4.79 Å². The van der Waals surface area contributed by atoms with Crippen molar-refractivity contribution in [2.24, 2.45) is 7.05 Å². The first-order valence-corrected chi connectivity index (χ1v) is 10.5. The minimum atomic E-state index is -0.316. The van der Waals surface area contributed by atoms with E-state index in [-0.39, 0.29) is 23.5 Å². The predicted molar refractivity (Wildman–Crippen MR) is 120 cm³/mol. The summed E-state index contributed by atoms with van der Waals surface area (Å²) in [6.45, 7) is 6.33. The number of nitrogens with two attached hydrogens (primary N) is 1. The highest BCUT2D eigenvalue weighted by Gasteiger charge is 2.24. The van der Waals surface area contributed by atoms with Crippen molar-refractivity contribution in [3.8, 4) is 22.6 Å². The number of benzene rings is 1. The lowest BCUT2D eigenvalue weighted by atomic mass is 10.0. The number of anilines is 1. The molecule has 166 valence electrons. The number of rotatable bonds is 4. The van der Waals surface area contributed by atoms with Gasteiger partial charge in [0.15, 0.2) is 0 Å². The van der Waals surface area contributed by atoms with E-state index >= 15 is 0 Å². The summed E-state index contributed by atoms with van der Waals surface area (Å²) in [5.74, 6) is 0.976. The smallest absolute Gasteiger partial charge is 0.271 e. The number of nitrogens with zero attached hydrogens (tertiary/aromatic N) is 5. The van der Waals surface area contributed by atoms with Gasteiger partial charge in [0.25, 0.3) is 5.56 Å². The Bertz CT molecular complexity index is 1330. The number of aryl methyl sites for hydroxylation is 1. The molecule has 1 saturated heterocycles. The summed E-state index contributed by atoms with van der Waals surface area (Å²) in [5.41, 5.74) is 8.98. The van der Waals surface area contributed by atoms with E-state index in [0.717, 1.165) is 40.7 Å². The molecule has 1 fully saturated rings. The average molecular weight is 435 g/mol.